The molecule has 0 bridgehead atoms. The molecule has 0 saturated carbocycles. The van der Waals surface area contributed by atoms with E-state index in [2.05, 4.69) is 15.5 Å². The zero-order valence-corrected chi connectivity index (χ0v) is 14.6. The molecule has 1 fully saturated rings. The molecule has 3 rings (SSSR count). The first-order valence-corrected chi connectivity index (χ1v) is 8.44. The summed E-state index contributed by atoms with van der Waals surface area (Å²) in [7, 11) is 3.18. The number of benzene rings is 2. The number of amides is 1. The van der Waals surface area contributed by atoms with E-state index in [9.17, 15) is 4.79 Å². The molecule has 0 aromatic heterocycles. The van der Waals surface area contributed by atoms with Gasteiger partial charge in [0.1, 0.15) is 16.7 Å². The van der Waals surface area contributed by atoms with E-state index in [0.29, 0.717) is 16.7 Å². The van der Waals surface area contributed by atoms with Crippen LogP contribution in [0.5, 0.6) is 11.5 Å². The number of nitrogens with zero attached hydrogens (tertiary/aromatic N) is 2. The van der Waals surface area contributed by atoms with Crippen molar-refractivity contribution in [2.75, 3.05) is 14.2 Å². The molecule has 128 valence electrons. The third-order valence-corrected chi connectivity index (χ3v) is 4.71. The van der Waals surface area contributed by atoms with Gasteiger partial charge in [0.15, 0.2) is 5.17 Å². The molecular weight excluding hydrogens is 338 g/mol. The average Bonchev–Trinajstić information content (AvgIpc) is 3.03. The SMILES string of the molecule is COc1ccc(OC)c(/C=N\N=C2NC(=O)[C@H](c3ccccc3)S2)c1. The Morgan fingerprint density at radius 3 is 2.64 bits per heavy atom. The molecule has 2 aromatic carbocycles. The van der Waals surface area contributed by atoms with E-state index < -0.39 is 0 Å². The maximum absolute atomic E-state index is 12.1. The fraction of sp³-hybridized carbons (Fsp3) is 0.167. The predicted molar refractivity (Wildman–Crippen MR) is 99.5 cm³/mol. The maximum atomic E-state index is 12.1. The molecule has 1 heterocycles. The molecule has 1 saturated heterocycles. The van der Waals surface area contributed by atoms with Gasteiger partial charge < -0.3 is 14.8 Å². The number of hydrogen-bond acceptors (Lipinski definition) is 6. The summed E-state index contributed by atoms with van der Waals surface area (Å²) in [4.78, 5) is 12.1. The number of thioether (sulfide) groups is 1. The van der Waals surface area contributed by atoms with Crippen molar-refractivity contribution in [1.82, 2.24) is 5.32 Å². The van der Waals surface area contributed by atoms with Gasteiger partial charge in [-0.15, -0.1) is 5.10 Å². The van der Waals surface area contributed by atoms with Crippen molar-refractivity contribution in [3.63, 3.8) is 0 Å². The smallest absolute Gasteiger partial charge is 0.244 e. The van der Waals surface area contributed by atoms with E-state index in [-0.39, 0.29) is 11.2 Å². The van der Waals surface area contributed by atoms with E-state index in [1.165, 1.54) is 11.8 Å². The fourth-order valence-corrected chi connectivity index (χ4v) is 3.28. The van der Waals surface area contributed by atoms with Gasteiger partial charge in [0.25, 0.3) is 0 Å². The summed E-state index contributed by atoms with van der Waals surface area (Å²) in [5.74, 6) is 1.27. The first-order chi connectivity index (χ1) is 12.2. The van der Waals surface area contributed by atoms with Crippen LogP contribution in [0.2, 0.25) is 0 Å². The highest BCUT2D eigenvalue weighted by Crippen LogP contribution is 2.34. The van der Waals surface area contributed by atoms with Gasteiger partial charge in [0.2, 0.25) is 5.91 Å². The van der Waals surface area contributed by atoms with Crippen molar-refractivity contribution >= 4 is 29.1 Å². The minimum atomic E-state index is -0.304. The lowest BCUT2D eigenvalue weighted by Crippen LogP contribution is -2.21. The highest BCUT2D eigenvalue weighted by molar-refractivity contribution is 8.15. The number of amidine groups is 1. The maximum Gasteiger partial charge on any atom is 0.244 e. The zero-order chi connectivity index (χ0) is 17.6. The molecular formula is C18H17N3O3S. The van der Waals surface area contributed by atoms with E-state index in [1.54, 1.807) is 38.6 Å². The number of carbonyl (C=O) groups excluding carboxylic acids is 1. The second-order valence-corrected chi connectivity index (χ2v) is 6.25. The van der Waals surface area contributed by atoms with Gasteiger partial charge in [-0.3, -0.25) is 4.79 Å². The van der Waals surface area contributed by atoms with Crippen LogP contribution in [0.3, 0.4) is 0 Å². The van der Waals surface area contributed by atoms with Crippen LogP contribution in [-0.2, 0) is 4.79 Å². The molecule has 1 aliphatic heterocycles. The Hall–Kier alpha value is -2.80. The van der Waals surface area contributed by atoms with Gasteiger partial charge in [-0.2, -0.15) is 5.10 Å². The second kappa shape index (κ2) is 7.85. The first kappa shape index (κ1) is 17.0. The Kier molecular flexibility index (Phi) is 5.35. The number of ether oxygens (including phenoxy) is 2. The lowest BCUT2D eigenvalue weighted by molar-refractivity contribution is -0.118. The monoisotopic (exact) mass is 355 g/mol. The van der Waals surface area contributed by atoms with Crippen LogP contribution >= 0.6 is 11.8 Å². The van der Waals surface area contributed by atoms with Gasteiger partial charge in [-0.05, 0) is 23.8 Å². The van der Waals surface area contributed by atoms with Gasteiger partial charge in [-0.1, -0.05) is 42.1 Å². The van der Waals surface area contributed by atoms with Gasteiger partial charge >= 0.3 is 0 Å². The highest BCUT2D eigenvalue weighted by atomic mass is 32.2. The van der Waals surface area contributed by atoms with E-state index in [0.717, 1.165) is 11.1 Å². The number of methoxy groups -OCH3 is 2. The topological polar surface area (TPSA) is 72.3 Å². The summed E-state index contributed by atoms with van der Waals surface area (Å²) >= 11 is 1.34. The minimum Gasteiger partial charge on any atom is -0.497 e. The van der Waals surface area contributed by atoms with Crippen molar-refractivity contribution in [2.24, 2.45) is 10.2 Å². The lowest BCUT2D eigenvalue weighted by atomic mass is 10.1. The van der Waals surface area contributed by atoms with Crippen LogP contribution in [0.1, 0.15) is 16.4 Å². The first-order valence-electron chi connectivity index (χ1n) is 7.57. The fourth-order valence-electron chi connectivity index (χ4n) is 2.35. The Morgan fingerprint density at radius 1 is 1.12 bits per heavy atom. The Labute approximate surface area is 149 Å². The number of rotatable bonds is 5. The summed E-state index contributed by atoms with van der Waals surface area (Å²) in [5.41, 5.74) is 1.67. The van der Waals surface area contributed by atoms with Crippen LogP contribution in [0.25, 0.3) is 0 Å². The standard InChI is InChI=1S/C18H17N3O3S/c1-23-14-8-9-15(24-2)13(10-14)11-19-21-18-20-17(22)16(25-18)12-6-4-3-5-7-12/h3-11,16H,1-2H3,(H,20,21,22)/b19-11-/t16-/m0/s1. The third-order valence-electron chi connectivity index (χ3n) is 3.58. The van der Waals surface area contributed by atoms with Crippen LogP contribution < -0.4 is 14.8 Å². The van der Waals surface area contributed by atoms with Crippen molar-refractivity contribution in [3.8, 4) is 11.5 Å². The predicted octanol–water partition coefficient (Wildman–Crippen LogP) is 3.00. The van der Waals surface area contributed by atoms with Gasteiger partial charge in [0, 0.05) is 5.56 Å². The van der Waals surface area contributed by atoms with E-state index in [4.69, 9.17) is 9.47 Å². The quantitative estimate of drug-likeness (QED) is 0.661. The summed E-state index contributed by atoms with van der Waals surface area (Å²) in [5, 5.41) is 11.1. The molecule has 0 aliphatic carbocycles. The largest absolute Gasteiger partial charge is 0.497 e. The molecule has 0 unspecified atom stereocenters. The summed E-state index contributed by atoms with van der Waals surface area (Å²) in [6.07, 6.45) is 1.57. The van der Waals surface area contributed by atoms with Crippen molar-refractivity contribution in [2.45, 2.75) is 5.25 Å². The summed E-state index contributed by atoms with van der Waals surface area (Å²) in [6.45, 7) is 0. The second-order valence-electron chi connectivity index (χ2n) is 5.16. The molecule has 2 aromatic rings. The van der Waals surface area contributed by atoms with Crippen LogP contribution in [0, 0.1) is 0 Å². The van der Waals surface area contributed by atoms with E-state index >= 15 is 0 Å². The Balaban J connectivity index is 1.75. The molecule has 25 heavy (non-hydrogen) atoms. The number of carbonyl (C=O) groups is 1. The lowest BCUT2D eigenvalue weighted by Gasteiger charge is -2.06. The normalized spacial score (nSPS) is 18.6. The molecule has 1 amide bonds. The van der Waals surface area contributed by atoms with Gasteiger partial charge in [-0.25, -0.2) is 0 Å². The minimum absolute atomic E-state index is 0.0934. The summed E-state index contributed by atoms with van der Waals surface area (Å²) < 4.78 is 10.5. The summed E-state index contributed by atoms with van der Waals surface area (Å²) in [6, 6.07) is 15.0. The molecule has 1 aliphatic rings. The Bertz CT molecular complexity index is 822. The number of nitrogens with one attached hydrogen (secondary N) is 1. The third kappa shape index (κ3) is 4.00. The molecule has 7 heteroatoms. The molecule has 0 radical (unpaired) electrons. The van der Waals surface area contributed by atoms with Crippen molar-refractivity contribution in [3.05, 3.63) is 59.7 Å². The van der Waals surface area contributed by atoms with Crippen LogP contribution in [-0.4, -0.2) is 31.5 Å². The van der Waals surface area contributed by atoms with E-state index in [1.807, 2.05) is 30.3 Å². The molecule has 6 nitrogen and oxygen atoms in total. The molecule has 1 atom stereocenters. The molecule has 0 spiro atoms. The highest BCUT2D eigenvalue weighted by Gasteiger charge is 2.31. The van der Waals surface area contributed by atoms with Crippen LogP contribution in [0.4, 0.5) is 0 Å². The number of hydrogen-bond donors (Lipinski definition) is 1. The molecule has 1 N–H and O–H groups in total. The van der Waals surface area contributed by atoms with Crippen LogP contribution in [0.15, 0.2) is 58.7 Å². The van der Waals surface area contributed by atoms with Gasteiger partial charge in [0.05, 0.1) is 20.4 Å². The zero-order valence-electron chi connectivity index (χ0n) is 13.8. The average molecular weight is 355 g/mol. The van der Waals surface area contributed by atoms with Crippen molar-refractivity contribution < 1.29 is 14.3 Å². The Morgan fingerprint density at radius 2 is 1.92 bits per heavy atom. The van der Waals surface area contributed by atoms with Crippen molar-refractivity contribution in [1.29, 1.82) is 0 Å².